The van der Waals surface area contributed by atoms with Gasteiger partial charge in [0.1, 0.15) is 6.10 Å². The van der Waals surface area contributed by atoms with Crippen LogP contribution < -0.4 is 5.73 Å². The minimum Gasteiger partial charge on any atom is -0.481 e. The number of allylic oxidation sites excluding steroid dienone is 1. The third-order valence-corrected chi connectivity index (χ3v) is 16.7. The van der Waals surface area contributed by atoms with Crippen LogP contribution in [0.1, 0.15) is 140 Å². The Morgan fingerprint density at radius 3 is 2.09 bits per heavy atom. The number of ketones is 1. The first-order chi connectivity index (χ1) is 20.6. The molecule has 45 heavy (non-hydrogen) atoms. The standard InChI is InChI=1S/C39H61NO5/c1-22(2)29-25(41)21-39(40)20-19-36(8)23(30(29)39)11-12-27-35(7)16-15-28(33(3,4)26(35)14-18-37(27,36)9)45-31(42)24-13-17-38(10,32(43)44)34(24,5)6/h22-24,26-28H,11-21,40H2,1-10H3,(H,43,44)/t23-,24-,26+,27-,28+,35+,36-,37-,38+,39-/m1/s1. The van der Waals surface area contributed by atoms with Crippen molar-refractivity contribution in [2.75, 3.05) is 0 Å². The van der Waals surface area contributed by atoms with Crippen molar-refractivity contribution in [3.05, 3.63) is 11.1 Å². The second kappa shape index (κ2) is 9.92. The van der Waals surface area contributed by atoms with E-state index in [1.54, 1.807) is 6.92 Å². The van der Waals surface area contributed by atoms with Crippen molar-refractivity contribution in [1.82, 2.24) is 0 Å². The average molecular weight is 624 g/mol. The van der Waals surface area contributed by atoms with E-state index in [9.17, 15) is 19.5 Å². The van der Waals surface area contributed by atoms with Crippen molar-refractivity contribution in [1.29, 1.82) is 0 Å². The molecule has 0 spiro atoms. The zero-order valence-corrected chi connectivity index (χ0v) is 29.9. The number of fused-ring (bicyclic) bond motifs is 7. The molecule has 6 rings (SSSR count). The summed E-state index contributed by atoms with van der Waals surface area (Å²) in [6, 6.07) is 0. The summed E-state index contributed by atoms with van der Waals surface area (Å²) in [5.41, 5.74) is 7.67. The molecule has 0 heterocycles. The normalized spacial score (nSPS) is 48.4. The quantitative estimate of drug-likeness (QED) is 0.306. The van der Waals surface area contributed by atoms with E-state index in [4.69, 9.17) is 10.5 Å². The van der Waals surface area contributed by atoms with Crippen LogP contribution in [0.5, 0.6) is 0 Å². The van der Waals surface area contributed by atoms with Crippen molar-refractivity contribution in [3.8, 4) is 0 Å². The Bertz CT molecular complexity index is 1340. The highest BCUT2D eigenvalue weighted by molar-refractivity contribution is 6.01. The predicted molar refractivity (Wildman–Crippen MR) is 176 cm³/mol. The van der Waals surface area contributed by atoms with Gasteiger partial charge in [0.05, 0.1) is 11.3 Å². The van der Waals surface area contributed by atoms with Gasteiger partial charge in [0.25, 0.3) is 0 Å². The van der Waals surface area contributed by atoms with E-state index in [1.165, 1.54) is 5.57 Å². The molecule has 0 aliphatic heterocycles. The van der Waals surface area contributed by atoms with Gasteiger partial charge >= 0.3 is 11.9 Å². The molecule has 6 aliphatic carbocycles. The summed E-state index contributed by atoms with van der Waals surface area (Å²) in [6.45, 7) is 22.3. The molecule has 252 valence electrons. The Balaban J connectivity index is 1.27. The van der Waals surface area contributed by atoms with E-state index in [0.717, 1.165) is 56.9 Å². The molecule has 6 nitrogen and oxygen atoms in total. The van der Waals surface area contributed by atoms with Crippen LogP contribution in [0.3, 0.4) is 0 Å². The third-order valence-electron chi connectivity index (χ3n) is 16.7. The van der Waals surface area contributed by atoms with Crippen LogP contribution >= 0.6 is 0 Å². The van der Waals surface area contributed by atoms with Crippen LogP contribution in [0.4, 0.5) is 0 Å². The van der Waals surface area contributed by atoms with Gasteiger partial charge in [-0.1, -0.05) is 62.3 Å². The highest BCUT2D eigenvalue weighted by Gasteiger charge is 2.70. The fourth-order valence-electron chi connectivity index (χ4n) is 13.3. The SMILES string of the molecule is CC(C)C1=C2[C@H]3CC[C@@H]4[C@@]5(C)CC[C@H](OC(=O)[C@H]6CC[C@@](C)(C(=O)O)C6(C)C)C(C)(C)[C@@H]5CC[C@@]4(C)[C@]3(C)CC[C@@]2(N)CC1=O. The van der Waals surface area contributed by atoms with Crippen LogP contribution in [0, 0.1) is 62.1 Å². The van der Waals surface area contributed by atoms with Gasteiger partial charge in [-0.05, 0) is 128 Å². The first-order valence-electron chi connectivity index (χ1n) is 18.1. The molecule has 3 N–H and O–H groups in total. The minimum absolute atomic E-state index is 0.102. The number of nitrogens with two attached hydrogens (primary N) is 1. The summed E-state index contributed by atoms with van der Waals surface area (Å²) in [6.07, 6.45) is 9.80. The molecule has 0 aromatic heterocycles. The predicted octanol–water partition coefficient (Wildman–Crippen LogP) is 8.12. The number of ether oxygens (including phenoxy) is 1. The zero-order chi connectivity index (χ0) is 33.3. The molecule has 6 heteroatoms. The van der Waals surface area contributed by atoms with Crippen molar-refractivity contribution in [3.63, 3.8) is 0 Å². The number of carbonyl (C=O) groups is 3. The van der Waals surface area contributed by atoms with Gasteiger partial charge in [-0.2, -0.15) is 0 Å². The van der Waals surface area contributed by atoms with Crippen molar-refractivity contribution >= 4 is 17.7 Å². The molecule has 5 fully saturated rings. The van der Waals surface area contributed by atoms with Gasteiger partial charge in [-0.15, -0.1) is 0 Å². The zero-order valence-electron chi connectivity index (χ0n) is 29.9. The van der Waals surface area contributed by atoms with Crippen molar-refractivity contribution in [2.45, 2.75) is 152 Å². The third kappa shape index (κ3) is 4.11. The largest absolute Gasteiger partial charge is 0.481 e. The maximum Gasteiger partial charge on any atom is 0.309 e. The summed E-state index contributed by atoms with van der Waals surface area (Å²) in [5, 5.41) is 10.0. The number of aliphatic carboxylic acids is 1. The van der Waals surface area contributed by atoms with Gasteiger partial charge in [-0.3, -0.25) is 14.4 Å². The van der Waals surface area contributed by atoms with E-state index in [0.29, 0.717) is 37.0 Å². The number of carboxylic acid groups (broad SMARTS) is 1. The summed E-state index contributed by atoms with van der Waals surface area (Å²) < 4.78 is 6.48. The Kier molecular flexibility index (Phi) is 7.32. The van der Waals surface area contributed by atoms with Crippen LogP contribution in [-0.4, -0.2) is 34.5 Å². The Morgan fingerprint density at radius 1 is 0.822 bits per heavy atom. The van der Waals surface area contributed by atoms with Crippen LogP contribution in [0.2, 0.25) is 0 Å². The molecular formula is C39H61NO5. The molecule has 0 unspecified atom stereocenters. The lowest BCUT2D eigenvalue weighted by Gasteiger charge is -2.72. The Labute approximate surface area is 272 Å². The molecule has 10 atom stereocenters. The van der Waals surface area contributed by atoms with Crippen LogP contribution in [0.15, 0.2) is 11.1 Å². The smallest absolute Gasteiger partial charge is 0.309 e. The molecule has 0 aromatic rings. The monoisotopic (exact) mass is 623 g/mol. The number of carbonyl (C=O) groups excluding carboxylic acids is 2. The molecule has 6 aliphatic rings. The molecule has 0 radical (unpaired) electrons. The Hall–Kier alpha value is -1.69. The van der Waals surface area contributed by atoms with Gasteiger partial charge in [0.2, 0.25) is 0 Å². The van der Waals surface area contributed by atoms with Gasteiger partial charge < -0.3 is 15.6 Å². The van der Waals surface area contributed by atoms with Gasteiger partial charge in [0.15, 0.2) is 5.78 Å². The number of carboxylic acids is 1. The van der Waals surface area contributed by atoms with E-state index in [2.05, 4.69) is 48.5 Å². The number of rotatable bonds is 4. The summed E-state index contributed by atoms with van der Waals surface area (Å²) in [7, 11) is 0. The first-order valence-corrected chi connectivity index (χ1v) is 18.1. The number of hydrogen-bond donors (Lipinski definition) is 2. The lowest BCUT2D eigenvalue weighted by Crippen LogP contribution is -2.66. The van der Waals surface area contributed by atoms with E-state index >= 15 is 0 Å². The lowest BCUT2D eigenvalue weighted by atomic mass is 9.33. The maximum absolute atomic E-state index is 13.8. The number of Topliss-reactive ketones (excluding diaryl/α,β-unsaturated/α-hetero) is 1. The van der Waals surface area contributed by atoms with Crippen molar-refractivity contribution in [2.24, 2.45) is 67.8 Å². The summed E-state index contributed by atoms with van der Waals surface area (Å²) >= 11 is 0. The van der Waals surface area contributed by atoms with Gasteiger partial charge in [0, 0.05) is 17.4 Å². The molecule has 0 amide bonds. The maximum atomic E-state index is 13.8. The second-order valence-corrected chi connectivity index (χ2v) is 19.1. The van der Waals surface area contributed by atoms with Crippen molar-refractivity contribution < 1.29 is 24.2 Å². The fraction of sp³-hybridized carbons (Fsp3) is 0.872. The lowest BCUT2D eigenvalue weighted by molar-refractivity contribution is -0.233. The Morgan fingerprint density at radius 2 is 1.49 bits per heavy atom. The van der Waals surface area contributed by atoms with Crippen LogP contribution in [-0.2, 0) is 19.1 Å². The molecule has 0 saturated heterocycles. The second-order valence-electron chi connectivity index (χ2n) is 19.1. The van der Waals surface area contributed by atoms with E-state index < -0.39 is 28.3 Å². The summed E-state index contributed by atoms with van der Waals surface area (Å²) in [4.78, 5) is 39.3. The fourth-order valence-corrected chi connectivity index (χ4v) is 13.3. The molecule has 0 aromatic carbocycles. The molecule has 0 bridgehead atoms. The highest BCUT2D eigenvalue weighted by Crippen LogP contribution is 2.75. The average Bonchev–Trinajstić information content (AvgIpc) is 3.34. The van der Waals surface area contributed by atoms with Gasteiger partial charge in [-0.25, -0.2) is 0 Å². The summed E-state index contributed by atoms with van der Waals surface area (Å²) in [5.74, 6) is 0.454. The molecule has 5 saturated carbocycles. The number of esters is 1. The van der Waals surface area contributed by atoms with E-state index in [-0.39, 0.29) is 45.4 Å². The number of hydrogen-bond acceptors (Lipinski definition) is 5. The van der Waals surface area contributed by atoms with E-state index in [1.807, 2.05) is 13.8 Å². The highest BCUT2D eigenvalue weighted by atomic mass is 16.5. The van der Waals surface area contributed by atoms with Crippen LogP contribution in [0.25, 0.3) is 0 Å². The molecular weight excluding hydrogens is 562 g/mol. The minimum atomic E-state index is -0.930. The topological polar surface area (TPSA) is 107 Å². The first kappa shape index (κ1) is 33.2.